The Balaban J connectivity index is 1.44. The minimum Gasteiger partial charge on any atom is -0.497 e. The van der Waals surface area contributed by atoms with Crippen molar-refractivity contribution in [3.05, 3.63) is 106 Å². The third-order valence-electron chi connectivity index (χ3n) is 14.1. The molecule has 2 N–H and O–H groups in total. The smallest absolute Gasteiger partial charge is 0.416 e. The molecule has 0 spiro atoms. The Hall–Kier alpha value is -4.35. The van der Waals surface area contributed by atoms with Crippen molar-refractivity contribution in [1.82, 2.24) is 4.90 Å². The van der Waals surface area contributed by atoms with Gasteiger partial charge in [0.05, 0.1) is 44.6 Å². The molecule has 7 atom stereocenters. The number of nitrogens with zero attached hydrogens (tertiary/aromatic N) is 1. The van der Waals surface area contributed by atoms with Crippen LogP contribution in [0.2, 0.25) is 0 Å². The Morgan fingerprint density at radius 1 is 0.967 bits per heavy atom. The van der Waals surface area contributed by atoms with Crippen LogP contribution in [0.1, 0.15) is 136 Å². The van der Waals surface area contributed by atoms with E-state index in [9.17, 15) is 33.0 Å². The van der Waals surface area contributed by atoms with E-state index in [0.29, 0.717) is 72.1 Å². The number of carbonyl (C=O) groups is 2. The number of rotatable bonds is 10. The summed E-state index contributed by atoms with van der Waals surface area (Å²) in [6.45, 7) is 10.6. The molecule has 332 valence electrons. The van der Waals surface area contributed by atoms with Crippen LogP contribution in [-0.2, 0) is 23.9 Å². The number of halogens is 3. The van der Waals surface area contributed by atoms with E-state index in [0.717, 1.165) is 37.0 Å². The summed E-state index contributed by atoms with van der Waals surface area (Å²) in [7, 11) is 3.13. The van der Waals surface area contributed by atoms with E-state index in [4.69, 9.17) is 14.2 Å². The first-order valence-electron chi connectivity index (χ1n) is 21.9. The van der Waals surface area contributed by atoms with E-state index in [1.54, 1.807) is 37.3 Å². The van der Waals surface area contributed by atoms with Gasteiger partial charge in [-0.05, 0) is 130 Å². The van der Waals surface area contributed by atoms with Crippen molar-refractivity contribution < 1.29 is 47.2 Å². The molecule has 3 aromatic rings. The molecular formula is C50H64F3NO7. The van der Waals surface area contributed by atoms with Crippen LogP contribution in [0.5, 0.6) is 11.5 Å². The summed E-state index contributed by atoms with van der Waals surface area (Å²) < 4.78 is 59.4. The van der Waals surface area contributed by atoms with Crippen LogP contribution in [0.25, 0.3) is 0 Å². The molecule has 1 amide bonds. The van der Waals surface area contributed by atoms with E-state index in [1.807, 2.05) is 32.0 Å². The lowest BCUT2D eigenvalue weighted by Gasteiger charge is -2.46. The molecule has 4 aliphatic rings. The zero-order chi connectivity index (χ0) is 44.3. The Labute approximate surface area is 359 Å². The highest BCUT2D eigenvalue weighted by Gasteiger charge is 2.58. The zero-order valence-corrected chi connectivity index (χ0v) is 36.8. The summed E-state index contributed by atoms with van der Waals surface area (Å²) in [5, 5.41) is 24.3. The summed E-state index contributed by atoms with van der Waals surface area (Å²) in [6.07, 6.45) is 1.99. The summed E-state index contributed by atoms with van der Waals surface area (Å²) in [6, 6.07) is 15.3. The molecule has 4 aliphatic carbocycles. The number of benzene rings is 3. The third kappa shape index (κ3) is 10.3. The largest absolute Gasteiger partial charge is 0.497 e. The molecule has 3 aromatic carbocycles. The maximum Gasteiger partial charge on any atom is 0.416 e. The lowest BCUT2D eigenvalue weighted by Crippen LogP contribution is -2.54. The van der Waals surface area contributed by atoms with E-state index in [2.05, 4.69) is 26.8 Å². The van der Waals surface area contributed by atoms with Gasteiger partial charge in [-0.15, -0.1) is 0 Å². The van der Waals surface area contributed by atoms with Gasteiger partial charge >= 0.3 is 12.3 Å². The third-order valence-corrected chi connectivity index (χ3v) is 14.1. The summed E-state index contributed by atoms with van der Waals surface area (Å²) in [5.41, 5.74) is -0.0431. The van der Waals surface area contributed by atoms with Crippen molar-refractivity contribution >= 4 is 11.9 Å². The molecule has 0 saturated heterocycles. The molecule has 2 saturated carbocycles. The van der Waals surface area contributed by atoms with Crippen LogP contribution < -0.4 is 9.47 Å². The van der Waals surface area contributed by atoms with Gasteiger partial charge in [-0.25, -0.2) is 4.79 Å². The number of hydrogen-bond acceptors (Lipinski definition) is 7. The number of carbonyl (C=O) groups excluding carboxylic acids is 2. The van der Waals surface area contributed by atoms with Gasteiger partial charge in [-0.1, -0.05) is 70.0 Å². The molecule has 11 heteroatoms. The first kappa shape index (κ1) is 46.2. The number of ketones is 1. The van der Waals surface area contributed by atoms with Gasteiger partial charge in [0.25, 0.3) is 0 Å². The van der Waals surface area contributed by atoms with E-state index in [1.165, 1.54) is 12.1 Å². The van der Waals surface area contributed by atoms with Gasteiger partial charge in [0.15, 0.2) is 5.78 Å². The van der Waals surface area contributed by atoms with E-state index >= 15 is 0 Å². The highest BCUT2D eigenvalue weighted by atomic mass is 19.4. The molecule has 0 aliphatic heterocycles. The maximum absolute atomic E-state index is 14.7. The fourth-order valence-corrected chi connectivity index (χ4v) is 10.3. The van der Waals surface area contributed by atoms with Crippen LogP contribution in [0.15, 0.2) is 72.3 Å². The number of fused-ring (bicyclic) bond motifs is 8. The number of methoxy groups -OCH3 is 2. The molecule has 0 radical (unpaired) electrons. The standard InChI is InChI=1S/C50H64F3NO7/c1-31(2)40-19-14-33(4)24-45(40)61-47(57)54(29-36-16-18-39(59-6)28-44(36)60-7)30-49(58)23-21-43-41-20-15-34(25-38(55)17-13-32(3)10-9-22-48(43,49)5)26-42(41)46(56)35-11-8-12-37(27-35)50(51,52)53/h8,10-12,15-16,18,20,26-28,31,33,38,40,43,45,55,58H,9,13-14,17,19,21-25,29-30H2,1-7H3. The predicted molar refractivity (Wildman–Crippen MR) is 230 cm³/mol. The quantitative estimate of drug-likeness (QED) is 0.155. The minimum atomic E-state index is -4.64. The Kier molecular flexibility index (Phi) is 14.3. The number of aliphatic hydroxyl groups excluding tert-OH is 1. The highest BCUT2D eigenvalue weighted by Crippen LogP contribution is 2.59. The second-order valence-corrected chi connectivity index (χ2v) is 18.6. The second kappa shape index (κ2) is 19.0. The number of amides is 1. The number of alkyl halides is 3. The normalized spacial score (nSPS) is 27.2. The van der Waals surface area contributed by atoms with Crippen LogP contribution in [0.3, 0.4) is 0 Å². The van der Waals surface area contributed by atoms with Gasteiger partial charge in [-0.3, -0.25) is 4.79 Å². The zero-order valence-electron chi connectivity index (χ0n) is 36.8. The average molecular weight is 848 g/mol. The topological polar surface area (TPSA) is 106 Å². The Bertz CT molecular complexity index is 2060. The van der Waals surface area contributed by atoms with Gasteiger partial charge in [-0.2, -0.15) is 13.2 Å². The fraction of sp³-hybridized carbons (Fsp3) is 0.560. The molecule has 2 bridgehead atoms. The second-order valence-electron chi connectivity index (χ2n) is 18.6. The highest BCUT2D eigenvalue weighted by molar-refractivity contribution is 6.10. The fourth-order valence-electron chi connectivity index (χ4n) is 10.3. The Morgan fingerprint density at radius 3 is 2.44 bits per heavy atom. The van der Waals surface area contributed by atoms with Crippen LogP contribution in [0, 0.1) is 23.2 Å². The van der Waals surface area contributed by atoms with Gasteiger partial charge < -0.3 is 29.3 Å². The molecule has 0 heterocycles. The summed E-state index contributed by atoms with van der Waals surface area (Å²) >= 11 is 0. The number of ether oxygens (including phenoxy) is 3. The van der Waals surface area contributed by atoms with E-state index in [-0.39, 0.29) is 49.1 Å². The summed E-state index contributed by atoms with van der Waals surface area (Å²) in [5.74, 6) is 1.03. The first-order chi connectivity index (χ1) is 28.8. The maximum atomic E-state index is 14.7. The lowest BCUT2D eigenvalue weighted by molar-refractivity contribution is -0.137. The number of allylic oxidation sites excluding steroid dienone is 2. The lowest BCUT2D eigenvalue weighted by atomic mass is 9.64. The van der Waals surface area contributed by atoms with Crippen molar-refractivity contribution in [2.24, 2.45) is 23.2 Å². The van der Waals surface area contributed by atoms with Crippen molar-refractivity contribution in [1.29, 1.82) is 0 Å². The monoisotopic (exact) mass is 847 g/mol. The van der Waals surface area contributed by atoms with Crippen LogP contribution >= 0.6 is 0 Å². The van der Waals surface area contributed by atoms with E-state index < -0.39 is 46.7 Å². The molecular weight excluding hydrogens is 784 g/mol. The predicted octanol–water partition coefficient (Wildman–Crippen LogP) is 11.1. The van der Waals surface area contributed by atoms with Gasteiger partial charge in [0, 0.05) is 28.2 Å². The van der Waals surface area contributed by atoms with Crippen molar-refractivity contribution in [2.45, 2.75) is 135 Å². The molecule has 7 rings (SSSR count). The molecule has 2 fully saturated rings. The van der Waals surface area contributed by atoms with Crippen molar-refractivity contribution in [3.8, 4) is 11.5 Å². The first-order valence-corrected chi connectivity index (χ1v) is 21.9. The van der Waals surface area contributed by atoms with Gasteiger partial charge in [0.2, 0.25) is 0 Å². The number of hydrogen-bond donors (Lipinski definition) is 2. The SMILES string of the molecule is COc1ccc(CN(CC2(O)CCC3c4ccc(cc4C(=O)c4cccc(C(F)(F)F)c4)CC(O)CCC(C)=CCCC32C)C(=O)OC2CC(C)CCC2C(C)C)c(OC)c1. The minimum absolute atomic E-state index is 0.0769. The van der Waals surface area contributed by atoms with Gasteiger partial charge in [0.1, 0.15) is 17.6 Å². The average Bonchev–Trinajstić information content (AvgIpc) is 3.47. The van der Waals surface area contributed by atoms with Crippen molar-refractivity contribution in [2.75, 3.05) is 20.8 Å². The van der Waals surface area contributed by atoms with Crippen LogP contribution in [-0.4, -0.2) is 65.6 Å². The summed E-state index contributed by atoms with van der Waals surface area (Å²) in [4.78, 5) is 30.8. The number of aliphatic hydroxyl groups is 2. The van der Waals surface area contributed by atoms with Crippen LogP contribution in [0.4, 0.5) is 18.0 Å². The Morgan fingerprint density at radius 2 is 1.74 bits per heavy atom. The van der Waals surface area contributed by atoms with Crippen molar-refractivity contribution in [3.63, 3.8) is 0 Å². The molecule has 8 nitrogen and oxygen atoms in total. The molecule has 61 heavy (non-hydrogen) atoms. The molecule has 7 unspecified atom stereocenters. The molecule has 0 aromatic heterocycles.